The van der Waals surface area contributed by atoms with Gasteiger partial charge in [-0.1, -0.05) is 112 Å². The number of hydrogen-bond donors (Lipinski definition) is 2. The molecule has 0 aliphatic heterocycles. The van der Waals surface area contributed by atoms with Gasteiger partial charge in [-0.3, -0.25) is 13.9 Å². The minimum atomic E-state index is -1.35. The molecule has 0 atom stereocenters. The summed E-state index contributed by atoms with van der Waals surface area (Å²) >= 11 is 0. The Hall–Kier alpha value is -8.28. The van der Waals surface area contributed by atoms with Gasteiger partial charge in [0.25, 0.3) is 0 Å². The zero-order chi connectivity index (χ0) is 46.3. The molecule has 0 radical (unpaired) electrons. The van der Waals surface area contributed by atoms with Crippen LogP contribution in [0.3, 0.4) is 0 Å². The normalized spacial score (nSPS) is 10.1. The Morgan fingerprint density at radius 1 is 0.618 bits per heavy atom. The summed E-state index contributed by atoms with van der Waals surface area (Å²) in [7, 11) is 0.0716. The SMILES string of the molecule is C.C.C.Cc1nnnn1[Si](C)(C)C.O=c1c(-c2ccc(O)cc2)coc2cc(OCc3ccccc3)ccc12.O=c1c(-c2ccc(O)cc2)coc2cc(OCc3ccccc3)ccc12.[C-]#[N+]C. The highest BCUT2D eigenvalue weighted by Crippen LogP contribution is 2.26. The number of rotatable bonds is 9. The lowest BCUT2D eigenvalue weighted by Gasteiger charge is -2.15. The molecule has 0 saturated carbocycles. The van der Waals surface area contributed by atoms with Crippen LogP contribution in [0.15, 0.2) is 177 Å². The second kappa shape index (κ2) is 25.4. The highest BCUT2D eigenvalue weighted by atomic mass is 28.3. The van der Waals surface area contributed by atoms with Gasteiger partial charge in [-0.2, -0.15) is 0 Å². The van der Waals surface area contributed by atoms with E-state index in [0.29, 0.717) is 68.9 Å². The summed E-state index contributed by atoms with van der Waals surface area (Å²) in [6.07, 6.45) is 2.88. The van der Waals surface area contributed by atoms with Gasteiger partial charge in [-0.15, -0.1) is 5.10 Å². The summed E-state index contributed by atoms with van der Waals surface area (Å²) in [5, 5.41) is 31.1. The van der Waals surface area contributed by atoms with Crippen LogP contribution in [-0.2, 0) is 13.2 Å². The lowest BCUT2D eigenvalue weighted by atomic mass is 10.1. The first-order chi connectivity index (χ1) is 31.3. The summed E-state index contributed by atoms with van der Waals surface area (Å²) < 4.78 is 24.8. The maximum absolute atomic E-state index is 12.7. The number of aryl methyl sites for hydroxylation is 1. The van der Waals surface area contributed by atoms with E-state index in [-0.39, 0.29) is 44.6 Å². The van der Waals surface area contributed by atoms with Crippen molar-refractivity contribution in [2.24, 2.45) is 0 Å². The van der Waals surface area contributed by atoms with E-state index in [1.165, 1.54) is 19.6 Å². The van der Waals surface area contributed by atoms with Crippen molar-refractivity contribution >= 4 is 30.2 Å². The number of hydrogen-bond acceptors (Lipinski definition) is 11. The van der Waals surface area contributed by atoms with Crippen LogP contribution in [0, 0.1) is 13.5 Å². The van der Waals surface area contributed by atoms with Crippen molar-refractivity contribution in [3.05, 3.63) is 207 Å². The molecule has 0 fully saturated rings. The maximum Gasteiger partial charge on any atom is 0.205 e. The van der Waals surface area contributed by atoms with Gasteiger partial charge in [0.15, 0.2) is 19.1 Å². The molecule has 0 amide bonds. The first-order valence-electron chi connectivity index (χ1n) is 20.4. The fraction of sp³-hybridized carbons (Fsp3) is 0.185. The monoisotopic (exact) mass is 933 g/mol. The summed E-state index contributed by atoms with van der Waals surface area (Å²) in [6.45, 7) is 15.3. The average Bonchev–Trinajstić information content (AvgIpc) is 3.77. The summed E-state index contributed by atoms with van der Waals surface area (Å²) in [5.74, 6) is 2.50. The molecular formula is C54H59N5O8Si. The largest absolute Gasteiger partial charge is 0.508 e. The molecule has 9 rings (SSSR count). The third kappa shape index (κ3) is 14.4. The molecular weight excluding hydrogens is 875 g/mol. The summed E-state index contributed by atoms with van der Waals surface area (Å²) in [4.78, 5) is 28.2. The third-order valence-corrected chi connectivity index (χ3v) is 11.3. The van der Waals surface area contributed by atoms with Crippen LogP contribution in [0.1, 0.15) is 39.2 Å². The van der Waals surface area contributed by atoms with E-state index in [4.69, 9.17) is 24.9 Å². The van der Waals surface area contributed by atoms with Gasteiger partial charge in [-0.25, -0.2) is 6.57 Å². The lowest BCUT2D eigenvalue weighted by Crippen LogP contribution is -2.34. The minimum Gasteiger partial charge on any atom is -0.508 e. The molecule has 0 aliphatic rings. The topological polar surface area (TPSA) is 167 Å². The van der Waals surface area contributed by atoms with E-state index in [2.05, 4.69) is 40.0 Å². The van der Waals surface area contributed by atoms with Gasteiger partial charge in [0.05, 0.1) is 21.9 Å². The molecule has 14 heteroatoms. The second-order valence-corrected chi connectivity index (χ2v) is 20.2. The Labute approximate surface area is 398 Å². The standard InChI is InChI=1S/2C22H16O4.C5H12N4Si.C2H3N.3CH4/c2*23-17-8-6-16(7-9-17)20-14-26-21-12-18(10-11-19(21)22(20)24)25-13-15-4-2-1-3-5-15;1-5-6-7-8-9(5)10(2,3)4;1-3-2;;;/h2*1-12,14,23H,13H2;1-4H3;1H3;3*1H4. The highest BCUT2D eigenvalue weighted by molar-refractivity contribution is 6.74. The van der Waals surface area contributed by atoms with E-state index < -0.39 is 8.24 Å². The number of benzene rings is 6. The van der Waals surface area contributed by atoms with Gasteiger partial charge in [0.1, 0.15) is 65.7 Å². The quantitative estimate of drug-likeness (QED) is 0.104. The molecule has 0 unspecified atom stereocenters. The zero-order valence-corrected chi connectivity index (χ0v) is 37.5. The molecule has 3 aromatic heterocycles. The molecule has 0 saturated heterocycles. The fourth-order valence-corrected chi connectivity index (χ4v) is 7.73. The van der Waals surface area contributed by atoms with Crippen LogP contribution in [0.25, 0.3) is 49.0 Å². The molecule has 0 spiro atoms. The maximum atomic E-state index is 12.7. The van der Waals surface area contributed by atoms with Crippen molar-refractivity contribution in [1.82, 2.24) is 19.9 Å². The fourth-order valence-electron chi connectivity index (χ4n) is 6.41. The van der Waals surface area contributed by atoms with E-state index in [1.807, 2.05) is 71.9 Å². The third-order valence-electron chi connectivity index (χ3n) is 9.61. The van der Waals surface area contributed by atoms with Crippen molar-refractivity contribution in [2.75, 3.05) is 7.05 Å². The van der Waals surface area contributed by atoms with E-state index in [0.717, 1.165) is 17.0 Å². The van der Waals surface area contributed by atoms with Crippen LogP contribution >= 0.6 is 0 Å². The second-order valence-electron chi connectivity index (χ2n) is 15.4. The summed E-state index contributed by atoms with van der Waals surface area (Å²) in [5.41, 5.74) is 5.15. The predicted molar refractivity (Wildman–Crippen MR) is 275 cm³/mol. The minimum absolute atomic E-state index is 0. The van der Waals surface area contributed by atoms with Gasteiger partial charge in [0.2, 0.25) is 7.05 Å². The Balaban J connectivity index is 0.000000277. The van der Waals surface area contributed by atoms with Crippen molar-refractivity contribution in [3.8, 4) is 45.3 Å². The van der Waals surface area contributed by atoms with Crippen LogP contribution < -0.4 is 20.3 Å². The van der Waals surface area contributed by atoms with Crippen LogP contribution in [0.4, 0.5) is 0 Å². The van der Waals surface area contributed by atoms with Crippen molar-refractivity contribution in [1.29, 1.82) is 0 Å². The highest BCUT2D eigenvalue weighted by Gasteiger charge is 2.20. The first kappa shape index (κ1) is 54.1. The van der Waals surface area contributed by atoms with Crippen LogP contribution in [0.2, 0.25) is 19.6 Å². The van der Waals surface area contributed by atoms with Gasteiger partial charge < -0.3 is 33.4 Å². The lowest BCUT2D eigenvalue weighted by molar-refractivity contribution is 0.306. The molecule has 13 nitrogen and oxygen atoms in total. The molecule has 0 aliphatic carbocycles. The molecule has 6 aromatic carbocycles. The Morgan fingerprint density at radius 3 is 1.32 bits per heavy atom. The average molecular weight is 934 g/mol. The first-order valence-corrected chi connectivity index (χ1v) is 23.8. The number of tetrazole rings is 1. The van der Waals surface area contributed by atoms with E-state index in [1.54, 1.807) is 84.9 Å². The van der Waals surface area contributed by atoms with Crippen LogP contribution in [0.5, 0.6) is 23.0 Å². The Bertz CT molecular complexity index is 2940. The number of ether oxygens (including phenoxy) is 2. The van der Waals surface area contributed by atoms with E-state index in [9.17, 15) is 19.8 Å². The zero-order valence-electron chi connectivity index (χ0n) is 36.5. The molecule has 352 valence electrons. The van der Waals surface area contributed by atoms with Crippen molar-refractivity contribution in [2.45, 2.75) is 62.1 Å². The van der Waals surface area contributed by atoms with Crippen LogP contribution in [-0.4, -0.2) is 45.4 Å². The molecule has 3 heterocycles. The Kier molecular flexibility index (Phi) is 20.2. The van der Waals surface area contributed by atoms with Crippen molar-refractivity contribution < 1.29 is 28.5 Å². The van der Waals surface area contributed by atoms with Crippen molar-refractivity contribution in [3.63, 3.8) is 0 Å². The molecule has 0 bridgehead atoms. The number of fused-ring (bicyclic) bond motifs is 2. The molecule has 68 heavy (non-hydrogen) atoms. The Morgan fingerprint density at radius 2 is 1.00 bits per heavy atom. The predicted octanol–water partition coefficient (Wildman–Crippen LogP) is 12.6. The number of aromatic hydroxyl groups is 2. The van der Waals surface area contributed by atoms with Gasteiger partial charge in [-0.05, 0) is 103 Å². The number of phenols is 2. The number of nitrogens with zero attached hydrogens (tertiary/aromatic N) is 5. The molecule has 9 aromatic rings. The number of aromatic nitrogens is 4. The number of phenolic OH excluding ortho intramolecular Hbond substituents is 2. The van der Waals surface area contributed by atoms with Gasteiger partial charge in [0, 0.05) is 12.1 Å². The summed E-state index contributed by atoms with van der Waals surface area (Å²) in [6, 6.07) is 43.0. The smallest absolute Gasteiger partial charge is 0.205 e. The molecule has 2 N–H and O–H groups in total. The van der Waals surface area contributed by atoms with E-state index >= 15 is 0 Å². The van der Waals surface area contributed by atoms with Gasteiger partial charge >= 0.3 is 0 Å².